The summed E-state index contributed by atoms with van der Waals surface area (Å²) < 4.78 is 0. The van der Waals surface area contributed by atoms with E-state index in [0.717, 1.165) is 19.1 Å². The first-order chi connectivity index (χ1) is 9.72. The van der Waals surface area contributed by atoms with Crippen LogP contribution in [-0.4, -0.2) is 49.2 Å². The van der Waals surface area contributed by atoms with Crippen molar-refractivity contribution in [2.45, 2.75) is 44.3 Å². The topological polar surface area (TPSA) is 31.4 Å². The van der Waals surface area contributed by atoms with Crippen LogP contribution in [0.4, 0.5) is 5.69 Å². The van der Waals surface area contributed by atoms with Crippen molar-refractivity contribution in [3.8, 4) is 0 Å². The summed E-state index contributed by atoms with van der Waals surface area (Å²) in [7, 11) is 4.32. The Hall–Kier alpha value is -1.13. The molecule has 1 aromatic rings. The number of likely N-dealkylation sites (N-methyl/N-ethyl adjacent to an activating group) is 1. The standard InChI is InChI=1S/C16H26N4/c1-19(2)12-16-4-3-9-20(16)15-7-8-17-14(10-15)11-18-13-5-6-13/h7-8,10,13,16,18H,3-6,9,11-12H2,1-2H3. The van der Waals surface area contributed by atoms with Gasteiger partial charge in [0.15, 0.2) is 0 Å². The van der Waals surface area contributed by atoms with Crippen LogP contribution in [0.15, 0.2) is 18.3 Å². The molecule has 0 spiro atoms. The highest BCUT2D eigenvalue weighted by Gasteiger charge is 2.25. The molecule has 1 saturated heterocycles. The van der Waals surface area contributed by atoms with Gasteiger partial charge in [-0.05, 0) is 51.9 Å². The van der Waals surface area contributed by atoms with E-state index in [2.05, 4.69) is 46.3 Å². The zero-order chi connectivity index (χ0) is 13.9. The van der Waals surface area contributed by atoms with E-state index in [1.165, 1.54) is 43.6 Å². The smallest absolute Gasteiger partial charge is 0.0562 e. The van der Waals surface area contributed by atoms with E-state index in [1.807, 2.05) is 6.20 Å². The van der Waals surface area contributed by atoms with E-state index in [0.29, 0.717) is 6.04 Å². The highest BCUT2D eigenvalue weighted by molar-refractivity contribution is 5.48. The van der Waals surface area contributed by atoms with Crippen LogP contribution in [-0.2, 0) is 6.54 Å². The summed E-state index contributed by atoms with van der Waals surface area (Å²) in [5.74, 6) is 0. The Balaban J connectivity index is 1.66. The minimum atomic E-state index is 0.650. The quantitative estimate of drug-likeness (QED) is 0.858. The van der Waals surface area contributed by atoms with Crippen LogP contribution >= 0.6 is 0 Å². The number of pyridine rings is 1. The molecule has 4 heteroatoms. The summed E-state index contributed by atoms with van der Waals surface area (Å²) in [6, 6.07) is 5.82. The largest absolute Gasteiger partial charge is 0.367 e. The summed E-state index contributed by atoms with van der Waals surface area (Å²) in [6.07, 6.45) is 7.23. The summed E-state index contributed by atoms with van der Waals surface area (Å²) >= 11 is 0. The first kappa shape index (κ1) is 13.8. The molecule has 0 radical (unpaired) electrons. The SMILES string of the molecule is CN(C)CC1CCCN1c1ccnc(CNC2CC2)c1. The molecule has 2 fully saturated rings. The van der Waals surface area contributed by atoms with E-state index in [4.69, 9.17) is 0 Å². The fourth-order valence-corrected chi connectivity index (χ4v) is 3.06. The molecule has 1 aromatic heterocycles. The van der Waals surface area contributed by atoms with Crippen molar-refractivity contribution in [1.82, 2.24) is 15.2 Å². The van der Waals surface area contributed by atoms with Crippen LogP contribution < -0.4 is 10.2 Å². The van der Waals surface area contributed by atoms with Crippen LogP contribution in [0.5, 0.6) is 0 Å². The Bertz CT molecular complexity index is 442. The highest BCUT2D eigenvalue weighted by atomic mass is 15.2. The molecule has 0 bridgehead atoms. The zero-order valence-electron chi connectivity index (χ0n) is 12.7. The Morgan fingerprint density at radius 3 is 2.95 bits per heavy atom. The highest BCUT2D eigenvalue weighted by Crippen LogP contribution is 2.26. The van der Waals surface area contributed by atoms with Gasteiger partial charge in [-0.3, -0.25) is 4.98 Å². The van der Waals surface area contributed by atoms with Crippen molar-refractivity contribution in [2.75, 3.05) is 32.1 Å². The number of hydrogen-bond donors (Lipinski definition) is 1. The average Bonchev–Trinajstić information content (AvgIpc) is 3.15. The fourth-order valence-electron chi connectivity index (χ4n) is 3.06. The van der Waals surface area contributed by atoms with Crippen LogP contribution in [0.25, 0.3) is 0 Å². The van der Waals surface area contributed by atoms with Gasteiger partial charge in [0.05, 0.1) is 5.69 Å². The molecule has 0 aromatic carbocycles. The Morgan fingerprint density at radius 1 is 1.35 bits per heavy atom. The number of nitrogens with one attached hydrogen (secondary N) is 1. The van der Waals surface area contributed by atoms with Gasteiger partial charge in [0.25, 0.3) is 0 Å². The molecular formula is C16H26N4. The molecule has 110 valence electrons. The van der Waals surface area contributed by atoms with Crippen molar-refractivity contribution >= 4 is 5.69 Å². The van der Waals surface area contributed by atoms with Crippen LogP contribution in [0.3, 0.4) is 0 Å². The van der Waals surface area contributed by atoms with Crippen molar-refractivity contribution in [1.29, 1.82) is 0 Å². The molecule has 2 heterocycles. The second-order valence-corrected chi connectivity index (χ2v) is 6.41. The Morgan fingerprint density at radius 2 is 2.20 bits per heavy atom. The Labute approximate surface area is 122 Å². The van der Waals surface area contributed by atoms with Gasteiger partial charge in [-0.25, -0.2) is 0 Å². The molecular weight excluding hydrogens is 248 g/mol. The van der Waals surface area contributed by atoms with Gasteiger partial charge in [-0.15, -0.1) is 0 Å². The first-order valence-electron chi connectivity index (χ1n) is 7.82. The second kappa shape index (κ2) is 6.10. The third kappa shape index (κ3) is 3.49. The van der Waals surface area contributed by atoms with E-state index in [-0.39, 0.29) is 0 Å². The summed E-state index contributed by atoms with van der Waals surface area (Å²) in [4.78, 5) is 9.35. The first-order valence-corrected chi connectivity index (χ1v) is 7.82. The molecule has 1 aliphatic heterocycles. The van der Waals surface area contributed by atoms with Crippen molar-refractivity contribution in [2.24, 2.45) is 0 Å². The van der Waals surface area contributed by atoms with Gasteiger partial charge >= 0.3 is 0 Å². The molecule has 1 saturated carbocycles. The Kier molecular flexibility index (Phi) is 4.22. The molecule has 1 aliphatic carbocycles. The lowest BCUT2D eigenvalue weighted by Crippen LogP contribution is -2.37. The van der Waals surface area contributed by atoms with Gasteiger partial charge in [-0.1, -0.05) is 0 Å². The molecule has 1 atom stereocenters. The normalized spacial score (nSPS) is 22.8. The van der Waals surface area contributed by atoms with Crippen LogP contribution in [0, 0.1) is 0 Å². The fraction of sp³-hybridized carbons (Fsp3) is 0.688. The lowest BCUT2D eigenvalue weighted by Gasteiger charge is -2.29. The number of anilines is 1. The van der Waals surface area contributed by atoms with Gasteiger partial charge in [0.1, 0.15) is 0 Å². The average molecular weight is 274 g/mol. The van der Waals surface area contributed by atoms with Crippen LogP contribution in [0.1, 0.15) is 31.4 Å². The molecule has 1 N–H and O–H groups in total. The van der Waals surface area contributed by atoms with E-state index in [9.17, 15) is 0 Å². The maximum atomic E-state index is 4.50. The number of aromatic nitrogens is 1. The maximum Gasteiger partial charge on any atom is 0.0562 e. The van der Waals surface area contributed by atoms with Gasteiger partial charge in [0.2, 0.25) is 0 Å². The zero-order valence-corrected chi connectivity index (χ0v) is 12.7. The van der Waals surface area contributed by atoms with Crippen molar-refractivity contribution < 1.29 is 0 Å². The summed E-state index contributed by atoms with van der Waals surface area (Å²) in [5, 5.41) is 3.54. The maximum absolute atomic E-state index is 4.50. The molecule has 20 heavy (non-hydrogen) atoms. The molecule has 1 unspecified atom stereocenters. The molecule has 0 amide bonds. The molecule has 4 nitrogen and oxygen atoms in total. The number of rotatable bonds is 6. The minimum absolute atomic E-state index is 0.650. The lowest BCUT2D eigenvalue weighted by atomic mass is 10.2. The number of hydrogen-bond acceptors (Lipinski definition) is 4. The van der Waals surface area contributed by atoms with Crippen molar-refractivity contribution in [3.05, 3.63) is 24.0 Å². The number of nitrogens with zero attached hydrogens (tertiary/aromatic N) is 3. The molecule has 3 rings (SSSR count). The summed E-state index contributed by atoms with van der Waals surface area (Å²) in [6.45, 7) is 3.22. The minimum Gasteiger partial charge on any atom is -0.367 e. The lowest BCUT2D eigenvalue weighted by molar-refractivity contribution is 0.372. The van der Waals surface area contributed by atoms with Gasteiger partial charge in [-0.2, -0.15) is 0 Å². The second-order valence-electron chi connectivity index (χ2n) is 6.41. The molecule has 2 aliphatic rings. The third-order valence-electron chi connectivity index (χ3n) is 4.23. The predicted octanol–water partition coefficient (Wildman–Crippen LogP) is 1.86. The van der Waals surface area contributed by atoms with Gasteiger partial charge < -0.3 is 15.1 Å². The van der Waals surface area contributed by atoms with Crippen LogP contribution in [0.2, 0.25) is 0 Å². The monoisotopic (exact) mass is 274 g/mol. The van der Waals surface area contributed by atoms with E-state index >= 15 is 0 Å². The van der Waals surface area contributed by atoms with Crippen molar-refractivity contribution in [3.63, 3.8) is 0 Å². The van der Waals surface area contributed by atoms with E-state index in [1.54, 1.807) is 0 Å². The predicted molar refractivity (Wildman–Crippen MR) is 83.0 cm³/mol. The summed E-state index contributed by atoms with van der Waals surface area (Å²) in [5.41, 5.74) is 2.52. The van der Waals surface area contributed by atoms with E-state index < -0.39 is 0 Å². The van der Waals surface area contributed by atoms with Gasteiger partial charge in [0, 0.05) is 43.6 Å². The third-order valence-corrected chi connectivity index (χ3v) is 4.23.